The average Bonchev–Trinajstić information content (AvgIpc) is 2.86. The lowest BCUT2D eigenvalue weighted by Crippen LogP contribution is -2.46. The minimum atomic E-state index is -0.644. The Bertz CT molecular complexity index is 461. The lowest BCUT2D eigenvalue weighted by molar-refractivity contribution is -0.122. The maximum Gasteiger partial charge on any atom is 0.237 e. The number of benzene rings is 1. The number of rotatable bonds is 4. The van der Waals surface area contributed by atoms with Crippen LogP contribution in [0.5, 0.6) is 11.5 Å². The van der Waals surface area contributed by atoms with Crippen molar-refractivity contribution in [1.29, 1.82) is 0 Å². The van der Waals surface area contributed by atoms with E-state index in [1.54, 1.807) is 6.07 Å². The molecule has 19 heavy (non-hydrogen) atoms. The van der Waals surface area contributed by atoms with Gasteiger partial charge in [0.15, 0.2) is 11.5 Å². The molecular weight excluding hydrogens is 264 g/mol. The van der Waals surface area contributed by atoms with Crippen LogP contribution in [-0.4, -0.2) is 39.7 Å². The van der Waals surface area contributed by atoms with Crippen molar-refractivity contribution in [2.45, 2.75) is 24.9 Å². The van der Waals surface area contributed by atoms with Crippen molar-refractivity contribution in [3.63, 3.8) is 0 Å². The van der Waals surface area contributed by atoms with Crippen LogP contribution in [-0.2, 0) is 11.2 Å². The quantitative estimate of drug-likeness (QED) is 0.606. The molecule has 0 aromatic heterocycles. The number of carbonyl (C=O) groups excluding carboxylic acids is 1. The highest BCUT2D eigenvalue weighted by molar-refractivity contribution is 7.99. The Morgan fingerprint density at radius 2 is 2.26 bits per heavy atom. The van der Waals surface area contributed by atoms with E-state index in [1.807, 2.05) is 11.8 Å². The number of nitrogens with one attached hydrogen (secondary N) is 1. The Labute approximate surface area is 116 Å². The average molecular weight is 282 g/mol. The SMILES string of the molecule is N[C@@H](Cc1ccc(O)c(O)c1)C(=O)NC1CCSC1. The van der Waals surface area contributed by atoms with E-state index in [0.29, 0.717) is 6.42 Å². The molecule has 1 aromatic rings. The van der Waals surface area contributed by atoms with Gasteiger partial charge in [-0.1, -0.05) is 6.07 Å². The molecule has 1 fully saturated rings. The Balaban J connectivity index is 1.90. The minimum Gasteiger partial charge on any atom is -0.504 e. The fourth-order valence-corrected chi connectivity index (χ4v) is 3.15. The van der Waals surface area contributed by atoms with Crippen LogP contribution in [0.3, 0.4) is 0 Å². The van der Waals surface area contributed by atoms with Gasteiger partial charge in [-0.05, 0) is 36.3 Å². The Morgan fingerprint density at radius 3 is 2.89 bits per heavy atom. The monoisotopic (exact) mass is 282 g/mol. The molecule has 0 radical (unpaired) electrons. The van der Waals surface area contributed by atoms with Crippen LogP contribution in [0.15, 0.2) is 18.2 Å². The molecule has 6 heteroatoms. The molecule has 5 nitrogen and oxygen atoms in total. The van der Waals surface area contributed by atoms with Crippen LogP contribution in [0.25, 0.3) is 0 Å². The molecule has 0 bridgehead atoms. The predicted octanol–water partition coefficient (Wildman–Crippen LogP) is 0.589. The molecule has 1 saturated heterocycles. The summed E-state index contributed by atoms with van der Waals surface area (Å²) in [5.74, 6) is 1.48. The van der Waals surface area contributed by atoms with Crippen LogP contribution >= 0.6 is 11.8 Å². The highest BCUT2D eigenvalue weighted by atomic mass is 32.2. The maximum atomic E-state index is 11.9. The summed E-state index contributed by atoms with van der Waals surface area (Å²) in [5.41, 5.74) is 6.57. The van der Waals surface area contributed by atoms with Crippen LogP contribution in [0.4, 0.5) is 0 Å². The van der Waals surface area contributed by atoms with Crippen LogP contribution < -0.4 is 11.1 Å². The highest BCUT2D eigenvalue weighted by Crippen LogP contribution is 2.25. The molecule has 0 aliphatic carbocycles. The molecular formula is C13H18N2O3S. The zero-order valence-electron chi connectivity index (χ0n) is 10.5. The Morgan fingerprint density at radius 1 is 1.47 bits per heavy atom. The van der Waals surface area contributed by atoms with Gasteiger partial charge >= 0.3 is 0 Å². The van der Waals surface area contributed by atoms with Crippen molar-refractivity contribution in [2.75, 3.05) is 11.5 Å². The zero-order valence-corrected chi connectivity index (χ0v) is 11.3. The second kappa shape index (κ2) is 6.16. The summed E-state index contributed by atoms with van der Waals surface area (Å²) in [7, 11) is 0. The molecule has 0 spiro atoms. The third-order valence-electron chi connectivity index (χ3n) is 3.11. The molecule has 1 aliphatic rings. The molecule has 1 aliphatic heterocycles. The van der Waals surface area contributed by atoms with Gasteiger partial charge in [0.2, 0.25) is 5.91 Å². The number of hydrogen-bond donors (Lipinski definition) is 4. The third-order valence-corrected chi connectivity index (χ3v) is 4.27. The summed E-state index contributed by atoms with van der Waals surface area (Å²) in [6.07, 6.45) is 1.32. The number of carbonyl (C=O) groups is 1. The van der Waals surface area contributed by atoms with E-state index in [1.165, 1.54) is 12.1 Å². The van der Waals surface area contributed by atoms with E-state index in [-0.39, 0.29) is 23.4 Å². The second-order valence-corrected chi connectivity index (χ2v) is 5.85. The van der Waals surface area contributed by atoms with Gasteiger partial charge in [-0.2, -0.15) is 11.8 Å². The van der Waals surface area contributed by atoms with Gasteiger partial charge in [-0.15, -0.1) is 0 Å². The van der Waals surface area contributed by atoms with Crippen molar-refractivity contribution in [1.82, 2.24) is 5.32 Å². The van der Waals surface area contributed by atoms with Crippen molar-refractivity contribution in [3.05, 3.63) is 23.8 Å². The number of hydrogen-bond acceptors (Lipinski definition) is 5. The van der Waals surface area contributed by atoms with Crippen molar-refractivity contribution < 1.29 is 15.0 Å². The lowest BCUT2D eigenvalue weighted by Gasteiger charge is -2.16. The standard InChI is InChI=1S/C13H18N2O3S/c14-10(13(18)15-9-3-4-19-7-9)5-8-1-2-11(16)12(17)6-8/h1-2,6,9-10,16-17H,3-5,7,14H2,(H,15,18)/t9?,10-/m0/s1. The molecule has 1 aromatic carbocycles. The minimum absolute atomic E-state index is 0.167. The molecule has 1 amide bonds. The summed E-state index contributed by atoms with van der Waals surface area (Å²) in [6.45, 7) is 0. The Hall–Kier alpha value is -1.40. The predicted molar refractivity (Wildman–Crippen MR) is 75.3 cm³/mol. The van der Waals surface area contributed by atoms with Crippen molar-refractivity contribution in [2.24, 2.45) is 5.73 Å². The van der Waals surface area contributed by atoms with E-state index in [4.69, 9.17) is 5.73 Å². The molecule has 2 rings (SSSR count). The smallest absolute Gasteiger partial charge is 0.237 e. The third kappa shape index (κ3) is 3.78. The maximum absolute atomic E-state index is 11.9. The number of phenolic OH excluding ortho intramolecular Hbond substituents is 2. The summed E-state index contributed by atoms with van der Waals surface area (Å²) >= 11 is 1.83. The largest absolute Gasteiger partial charge is 0.504 e. The Kier molecular flexibility index (Phi) is 4.55. The van der Waals surface area contributed by atoms with Gasteiger partial charge in [0.1, 0.15) is 0 Å². The molecule has 1 unspecified atom stereocenters. The van der Waals surface area contributed by atoms with Crippen molar-refractivity contribution >= 4 is 17.7 Å². The van der Waals surface area contributed by atoms with E-state index in [0.717, 1.165) is 23.5 Å². The summed E-state index contributed by atoms with van der Waals surface area (Å²) in [4.78, 5) is 11.9. The lowest BCUT2D eigenvalue weighted by atomic mass is 10.0. The molecule has 2 atom stereocenters. The summed E-state index contributed by atoms with van der Waals surface area (Å²) in [6, 6.07) is 4.04. The second-order valence-electron chi connectivity index (χ2n) is 4.70. The number of aromatic hydroxyl groups is 2. The first kappa shape index (κ1) is 14.0. The molecule has 0 saturated carbocycles. The fraction of sp³-hybridized carbons (Fsp3) is 0.462. The van der Waals surface area contributed by atoms with Gasteiger partial charge in [0, 0.05) is 11.8 Å². The van der Waals surface area contributed by atoms with Gasteiger partial charge in [0.25, 0.3) is 0 Å². The van der Waals surface area contributed by atoms with E-state index in [9.17, 15) is 15.0 Å². The van der Waals surface area contributed by atoms with E-state index >= 15 is 0 Å². The highest BCUT2D eigenvalue weighted by Gasteiger charge is 2.21. The molecule has 1 heterocycles. The van der Waals surface area contributed by atoms with Gasteiger partial charge < -0.3 is 21.3 Å². The van der Waals surface area contributed by atoms with Gasteiger partial charge in [-0.3, -0.25) is 4.79 Å². The van der Waals surface area contributed by atoms with Crippen molar-refractivity contribution in [3.8, 4) is 11.5 Å². The normalized spacial score (nSPS) is 20.2. The summed E-state index contributed by atoms with van der Waals surface area (Å²) in [5, 5.41) is 21.5. The number of phenols is 2. The van der Waals surface area contributed by atoms with Crippen LogP contribution in [0.1, 0.15) is 12.0 Å². The summed E-state index contributed by atoms with van der Waals surface area (Å²) < 4.78 is 0. The van der Waals surface area contributed by atoms with Crippen LogP contribution in [0, 0.1) is 0 Å². The molecule has 5 N–H and O–H groups in total. The van der Waals surface area contributed by atoms with Crippen LogP contribution in [0.2, 0.25) is 0 Å². The topological polar surface area (TPSA) is 95.6 Å². The van der Waals surface area contributed by atoms with Gasteiger partial charge in [-0.25, -0.2) is 0 Å². The van der Waals surface area contributed by atoms with E-state index in [2.05, 4.69) is 5.32 Å². The zero-order chi connectivity index (χ0) is 13.8. The molecule has 104 valence electrons. The fourth-order valence-electron chi connectivity index (χ4n) is 2.00. The van der Waals surface area contributed by atoms with Gasteiger partial charge in [0.05, 0.1) is 6.04 Å². The van der Waals surface area contributed by atoms with E-state index < -0.39 is 6.04 Å². The first-order chi connectivity index (χ1) is 9.06. The first-order valence-corrected chi connectivity index (χ1v) is 7.36. The first-order valence-electron chi connectivity index (χ1n) is 6.21. The number of thioether (sulfide) groups is 1. The number of amides is 1. The number of nitrogens with two attached hydrogens (primary N) is 1.